The van der Waals surface area contributed by atoms with Gasteiger partial charge in [-0.2, -0.15) is 0 Å². The number of halogens is 1. The summed E-state index contributed by atoms with van der Waals surface area (Å²) in [7, 11) is 0. The molecule has 1 aromatic heterocycles. The van der Waals surface area contributed by atoms with Gasteiger partial charge in [-0.05, 0) is 46.3 Å². The number of anilines is 1. The van der Waals surface area contributed by atoms with Crippen LogP contribution in [-0.2, 0) is 0 Å². The largest absolute Gasteiger partial charge is 0.369 e. The summed E-state index contributed by atoms with van der Waals surface area (Å²) < 4.78 is 1.05. The number of nitrogens with one attached hydrogen (secondary N) is 1. The predicted molar refractivity (Wildman–Crippen MR) is 67.0 cm³/mol. The molecule has 15 heavy (non-hydrogen) atoms. The molecule has 0 aliphatic heterocycles. The number of hydrogen-bond acceptors (Lipinski definition) is 2. The van der Waals surface area contributed by atoms with Gasteiger partial charge in [-0.3, -0.25) is 0 Å². The molecule has 2 nitrogen and oxygen atoms in total. The highest BCUT2D eigenvalue weighted by molar-refractivity contribution is 9.10. The number of pyridine rings is 1. The van der Waals surface area contributed by atoms with Gasteiger partial charge in [-0.25, -0.2) is 4.98 Å². The molecule has 0 amide bonds. The SMILES string of the molecule is CC1(CNc2ncccc2Br)CCCC1. The summed E-state index contributed by atoms with van der Waals surface area (Å²) in [5, 5.41) is 3.44. The summed E-state index contributed by atoms with van der Waals surface area (Å²) >= 11 is 3.50. The van der Waals surface area contributed by atoms with Crippen molar-refractivity contribution in [3.8, 4) is 0 Å². The molecule has 1 N–H and O–H groups in total. The van der Waals surface area contributed by atoms with Gasteiger partial charge in [0, 0.05) is 12.7 Å². The Labute approximate surface area is 99.6 Å². The molecule has 0 saturated heterocycles. The molecule has 1 aliphatic carbocycles. The van der Waals surface area contributed by atoms with E-state index in [9.17, 15) is 0 Å². The van der Waals surface area contributed by atoms with Crippen LogP contribution in [0, 0.1) is 5.41 Å². The Morgan fingerprint density at radius 1 is 1.47 bits per heavy atom. The minimum absolute atomic E-state index is 0.469. The van der Waals surface area contributed by atoms with Gasteiger partial charge in [-0.15, -0.1) is 0 Å². The summed E-state index contributed by atoms with van der Waals surface area (Å²) in [6.07, 6.45) is 7.25. The standard InChI is InChI=1S/C12H17BrN2/c1-12(6-2-3-7-12)9-15-11-10(13)5-4-8-14-11/h4-5,8H,2-3,6-7,9H2,1H3,(H,14,15). The van der Waals surface area contributed by atoms with E-state index in [1.54, 1.807) is 0 Å². The maximum atomic E-state index is 4.31. The second kappa shape index (κ2) is 4.52. The van der Waals surface area contributed by atoms with E-state index in [2.05, 4.69) is 33.2 Å². The Bertz CT molecular complexity index is 332. The van der Waals surface area contributed by atoms with Crippen LogP contribution in [0.5, 0.6) is 0 Å². The third-order valence-corrected chi connectivity index (χ3v) is 3.89. The van der Waals surface area contributed by atoms with Crippen molar-refractivity contribution in [1.82, 2.24) is 4.98 Å². The zero-order valence-electron chi connectivity index (χ0n) is 9.09. The van der Waals surface area contributed by atoms with Crippen LogP contribution in [-0.4, -0.2) is 11.5 Å². The zero-order chi connectivity index (χ0) is 10.7. The quantitative estimate of drug-likeness (QED) is 0.901. The summed E-state index contributed by atoms with van der Waals surface area (Å²) in [6, 6.07) is 3.96. The van der Waals surface area contributed by atoms with Crippen LogP contribution in [0.3, 0.4) is 0 Å². The molecule has 0 atom stereocenters. The molecular formula is C12H17BrN2. The maximum Gasteiger partial charge on any atom is 0.140 e. The highest BCUT2D eigenvalue weighted by atomic mass is 79.9. The summed E-state index contributed by atoms with van der Waals surface area (Å²) in [4.78, 5) is 4.31. The first kappa shape index (κ1) is 10.9. The fourth-order valence-electron chi connectivity index (χ4n) is 2.22. The van der Waals surface area contributed by atoms with Crippen molar-refractivity contribution in [2.45, 2.75) is 32.6 Å². The summed E-state index contributed by atoms with van der Waals surface area (Å²) in [6.45, 7) is 3.40. The monoisotopic (exact) mass is 268 g/mol. The van der Waals surface area contributed by atoms with Crippen molar-refractivity contribution in [1.29, 1.82) is 0 Å². The Morgan fingerprint density at radius 3 is 2.87 bits per heavy atom. The molecule has 0 spiro atoms. The molecule has 1 saturated carbocycles. The second-order valence-corrected chi connectivity index (χ2v) is 5.56. The first-order valence-electron chi connectivity index (χ1n) is 5.54. The van der Waals surface area contributed by atoms with Crippen LogP contribution in [0.25, 0.3) is 0 Å². The Kier molecular flexibility index (Phi) is 3.29. The minimum atomic E-state index is 0.469. The Hall–Kier alpha value is -0.570. The molecule has 1 fully saturated rings. The highest BCUT2D eigenvalue weighted by Gasteiger charge is 2.28. The lowest BCUT2D eigenvalue weighted by Crippen LogP contribution is -2.23. The van der Waals surface area contributed by atoms with Gasteiger partial charge in [0.15, 0.2) is 0 Å². The molecule has 1 aromatic rings. The van der Waals surface area contributed by atoms with Crippen LogP contribution >= 0.6 is 15.9 Å². The molecule has 1 aliphatic rings. The third kappa shape index (κ3) is 2.71. The second-order valence-electron chi connectivity index (χ2n) is 4.71. The summed E-state index contributed by atoms with van der Waals surface area (Å²) in [5.74, 6) is 0.964. The third-order valence-electron chi connectivity index (χ3n) is 3.25. The lowest BCUT2D eigenvalue weighted by molar-refractivity contribution is 0.361. The van der Waals surface area contributed by atoms with E-state index < -0.39 is 0 Å². The Balaban J connectivity index is 1.95. The van der Waals surface area contributed by atoms with Crippen LogP contribution in [0.2, 0.25) is 0 Å². The molecule has 0 bridgehead atoms. The zero-order valence-corrected chi connectivity index (χ0v) is 10.7. The number of aromatic nitrogens is 1. The molecular weight excluding hydrogens is 252 g/mol. The van der Waals surface area contributed by atoms with Crippen molar-refractivity contribution in [2.24, 2.45) is 5.41 Å². The van der Waals surface area contributed by atoms with E-state index in [0.29, 0.717) is 5.41 Å². The van der Waals surface area contributed by atoms with Crippen molar-refractivity contribution in [3.63, 3.8) is 0 Å². The summed E-state index contributed by atoms with van der Waals surface area (Å²) in [5.41, 5.74) is 0.469. The van der Waals surface area contributed by atoms with E-state index in [4.69, 9.17) is 0 Å². The van der Waals surface area contributed by atoms with Gasteiger partial charge < -0.3 is 5.32 Å². The van der Waals surface area contributed by atoms with Gasteiger partial charge in [0.2, 0.25) is 0 Å². The molecule has 2 rings (SSSR count). The van der Waals surface area contributed by atoms with Crippen LogP contribution < -0.4 is 5.32 Å². The van der Waals surface area contributed by atoms with Crippen molar-refractivity contribution >= 4 is 21.7 Å². The van der Waals surface area contributed by atoms with Crippen molar-refractivity contribution in [2.75, 3.05) is 11.9 Å². The average molecular weight is 269 g/mol. The fourth-order valence-corrected chi connectivity index (χ4v) is 2.61. The molecule has 3 heteroatoms. The van der Waals surface area contributed by atoms with Crippen molar-refractivity contribution in [3.05, 3.63) is 22.8 Å². The van der Waals surface area contributed by atoms with Gasteiger partial charge in [-0.1, -0.05) is 19.8 Å². The van der Waals surface area contributed by atoms with Gasteiger partial charge in [0.1, 0.15) is 5.82 Å². The van der Waals surface area contributed by atoms with E-state index in [0.717, 1.165) is 16.8 Å². The topological polar surface area (TPSA) is 24.9 Å². The average Bonchev–Trinajstić information content (AvgIpc) is 2.65. The molecule has 0 unspecified atom stereocenters. The number of nitrogens with zero attached hydrogens (tertiary/aromatic N) is 1. The lowest BCUT2D eigenvalue weighted by Gasteiger charge is -2.24. The number of hydrogen-bond donors (Lipinski definition) is 1. The first-order valence-corrected chi connectivity index (χ1v) is 6.33. The minimum Gasteiger partial charge on any atom is -0.369 e. The fraction of sp³-hybridized carbons (Fsp3) is 0.583. The smallest absolute Gasteiger partial charge is 0.140 e. The van der Waals surface area contributed by atoms with Gasteiger partial charge >= 0.3 is 0 Å². The Morgan fingerprint density at radius 2 is 2.20 bits per heavy atom. The molecule has 82 valence electrons. The van der Waals surface area contributed by atoms with E-state index >= 15 is 0 Å². The van der Waals surface area contributed by atoms with Crippen LogP contribution in [0.15, 0.2) is 22.8 Å². The normalized spacial score (nSPS) is 19.1. The number of rotatable bonds is 3. The van der Waals surface area contributed by atoms with E-state index in [1.807, 2.05) is 18.3 Å². The van der Waals surface area contributed by atoms with E-state index in [1.165, 1.54) is 25.7 Å². The van der Waals surface area contributed by atoms with Gasteiger partial charge in [0.25, 0.3) is 0 Å². The first-order chi connectivity index (χ1) is 7.20. The predicted octanol–water partition coefficient (Wildman–Crippen LogP) is 3.84. The molecule has 1 heterocycles. The van der Waals surface area contributed by atoms with Crippen LogP contribution in [0.1, 0.15) is 32.6 Å². The molecule has 0 aromatic carbocycles. The maximum absolute atomic E-state index is 4.31. The van der Waals surface area contributed by atoms with Gasteiger partial charge in [0.05, 0.1) is 4.47 Å². The lowest BCUT2D eigenvalue weighted by atomic mass is 9.89. The van der Waals surface area contributed by atoms with Crippen molar-refractivity contribution < 1.29 is 0 Å². The van der Waals surface area contributed by atoms with E-state index in [-0.39, 0.29) is 0 Å². The van der Waals surface area contributed by atoms with Crippen LogP contribution in [0.4, 0.5) is 5.82 Å². The molecule has 0 radical (unpaired) electrons. The highest BCUT2D eigenvalue weighted by Crippen LogP contribution is 2.37.